The Balaban J connectivity index is 2.09. The number of rotatable bonds is 7. The summed E-state index contributed by atoms with van der Waals surface area (Å²) in [5.41, 5.74) is 1.13. The molecule has 0 amide bonds. The Kier molecular flexibility index (Phi) is 5.15. The van der Waals surface area contributed by atoms with Crippen LogP contribution in [0.25, 0.3) is 0 Å². The van der Waals surface area contributed by atoms with Crippen LogP contribution in [0.15, 0.2) is 18.2 Å². The van der Waals surface area contributed by atoms with Crippen molar-refractivity contribution in [2.75, 3.05) is 6.54 Å². The molecule has 1 heterocycles. The lowest BCUT2D eigenvalue weighted by Gasteiger charge is -2.23. The zero-order chi connectivity index (χ0) is 15.5. The third-order valence-corrected chi connectivity index (χ3v) is 3.71. The summed E-state index contributed by atoms with van der Waals surface area (Å²) in [7, 11) is 0. The Labute approximate surface area is 129 Å². The van der Waals surface area contributed by atoms with Crippen LogP contribution in [-0.4, -0.2) is 24.3 Å². The molecule has 1 N–H and O–H groups in total. The van der Waals surface area contributed by atoms with Gasteiger partial charge in [0.25, 0.3) is 0 Å². The number of ether oxygens (including phenoxy) is 2. The standard InChI is InChI=1S/C18H29NO2/c1-6-8-15(12-19-13(2)3)20-16-10-7-9-14-11-18(4,5)21-17(14)16/h7,9-10,13,15,19H,6,8,11-12H2,1-5H3. The molecule has 118 valence electrons. The van der Waals surface area contributed by atoms with Gasteiger partial charge in [-0.3, -0.25) is 0 Å². The van der Waals surface area contributed by atoms with Gasteiger partial charge in [0.1, 0.15) is 11.7 Å². The molecule has 1 aliphatic rings. The van der Waals surface area contributed by atoms with Crippen molar-refractivity contribution in [1.82, 2.24) is 5.32 Å². The van der Waals surface area contributed by atoms with E-state index in [-0.39, 0.29) is 11.7 Å². The maximum absolute atomic E-state index is 6.25. The van der Waals surface area contributed by atoms with Gasteiger partial charge in [0.05, 0.1) is 0 Å². The highest BCUT2D eigenvalue weighted by Crippen LogP contribution is 2.42. The number of para-hydroxylation sites is 1. The van der Waals surface area contributed by atoms with E-state index in [4.69, 9.17) is 9.47 Å². The largest absolute Gasteiger partial charge is 0.485 e. The summed E-state index contributed by atoms with van der Waals surface area (Å²) < 4.78 is 12.3. The lowest BCUT2D eigenvalue weighted by Crippen LogP contribution is -2.35. The van der Waals surface area contributed by atoms with Crippen molar-refractivity contribution >= 4 is 0 Å². The van der Waals surface area contributed by atoms with Gasteiger partial charge in [-0.15, -0.1) is 0 Å². The van der Waals surface area contributed by atoms with E-state index < -0.39 is 0 Å². The summed E-state index contributed by atoms with van der Waals surface area (Å²) >= 11 is 0. The normalized spacial score (nSPS) is 17.4. The van der Waals surface area contributed by atoms with Crippen molar-refractivity contribution in [3.05, 3.63) is 23.8 Å². The third kappa shape index (κ3) is 4.37. The number of fused-ring (bicyclic) bond motifs is 1. The van der Waals surface area contributed by atoms with E-state index in [9.17, 15) is 0 Å². The van der Waals surface area contributed by atoms with E-state index in [0.29, 0.717) is 6.04 Å². The molecule has 0 bridgehead atoms. The second-order valence-corrected chi connectivity index (χ2v) is 6.87. The minimum Gasteiger partial charge on any atom is -0.485 e. The monoisotopic (exact) mass is 291 g/mol. The van der Waals surface area contributed by atoms with E-state index >= 15 is 0 Å². The molecule has 3 heteroatoms. The molecule has 1 unspecified atom stereocenters. The van der Waals surface area contributed by atoms with Crippen molar-refractivity contribution < 1.29 is 9.47 Å². The highest BCUT2D eigenvalue weighted by molar-refractivity contribution is 5.50. The molecule has 0 fully saturated rings. The molecule has 2 rings (SSSR count). The highest BCUT2D eigenvalue weighted by Gasteiger charge is 2.32. The molecule has 1 aromatic carbocycles. The van der Waals surface area contributed by atoms with Crippen molar-refractivity contribution in [2.45, 2.75) is 71.6 Å². The molecule has 0 radical (unpaired) electrons. The third-order valence-electron chi connectivity index (χ3n) is 3.71. The Bertz CT molecular complexity index is 468. The van der Waals surface area contributed by atoms with Crippen LogP contribution in [0.3, 0.4) is 0 Å². The fourth-order valence-corrected chi connectivity index (χ4v) is 2.75. The average molecular weight is 291 g/mol. The van der Waals surface area contributed by atoms with Crippen LogP contribution in [0, 0.1) is 0 Å². The van der Waals surface area contributed by atoms with Gasteiger partial charge in [-0.2, -0.15) is 0 Å². The van der Waals surface area contributed by atoms with E-state index in [1.165, 1.54) is 5.56 Å². The lowest BCUT2D eigenvalue weighted by atomic mass is 10.0. The van der Waals surface area contributed by atoms with Gasteiger partial charge in [0, 0.05) is 24.6 Å². The van der Waals surface area contributed by atoms with Crippen LogP contribution in [0.1, 0.15) is 53.0 Å². The molecule has 0 aliphatic carbocycles. The predicted octanol–water partition coefficient (Wildman–Crippen LogP) is 3.95. The van der Waals surface area contributed by atoms with E-state index in [2.05, 4.69) is 52.1 Å². The van der Waals surface area contributed by atoms with Crippen molar-refractivity contribution in [2.24, 2.45) is 0 Å². The van der Waals surface area contributed by atoms with Crippen LogP contribution in [0.2, 0.25) is 0 Å². The minimum absolute atomic E-state index is 0.127. The van der Waals surface area contributed by atoms with Gasteiger partial charge in [0.15, 0.2) is 11.5 Å². The first-order chi connectivity index (χ1) is 9.91. The molecule has 1 aliphatic heterocycles. The van der Waals surface area contributed by atoms with Crippen molar-refractivity contribution in [1.29, 1.82) is 0 Å². The van der Waals surface area contributed by atoms with E-state index in [1.54, 1.807) is 0 Å². The Morgan fingerprint density at radius 1 is 1.33 bits per heavy atom. The average Bonchev–Trinajstić information content (AvgIpc) is 2.71. The molecular formula is C18H29NO2. The summed E-state index contributed by atoms with van der Waals surface area (Å²) in [4.78, 5) is 0. The summed E-state index contributed by atoms with van der Waals surface area (Å²) in [6.07, 6.45) is 3.30. The second-order valence-electron chi connectivity index (χ2n) is 6.87. The molecule has 21 heavy (non-hydrogen) atoms. The van der Waals surface area contributed by atoms with Gasteiger partial charge in [-0.05, 0) is 26.3 Å². The lowest BCUT2D eigenvalue weighted by molar-refractivity contribution is 0.122. The van der Waals surface area contributed by atoms with E-state index in [0.717, 1.165) is 37.3 Å². The summed E-state index contributed by atoms with van der Waals surface area (Å²) in [6.45, 7) is 11.6. The summed E-state index contributed by atoms with van der Waals surface area (Å²) in [5, 5.41) is 3.47. The Morgan fingerprint density at radius 3 is 2.76 bits per heavy atom. The van der Waals surface area contributed by atoms with Crippen molar-refractivity contribution in [3.63, 3.8) is 0 Å². The first kappa shape index (κ1) is 16.2. The molecule has 0 saturated carbocycles. The fraction of sp³-hybridized carbons (Fsp3) is 0.667. The van der Waals surface area contributed by atoms with Crippen LogP contribution < -0.4 is 14.8 Å². The van der Waals surface area contributed by atoms with E-state index in [1.807, 2.05) is 6.07 Å². The number of hydrogen-bond donors (Lipinski definition) is 1. The van der Waals surface area contributed by atoms with Crippen LogP contribution in [0.4, 0.5) is 0 Å². The van der Waals surface area contributed by atoms with Gasteiger partial charge in [0.2, 0.25) is 0 Å². The topological polar surface area (TPSA) is 30.5 Å². The molecule has 3 nitrogen and oxygen atoms in total. The first-order valence-electron chi connectivity index (χ1n) is 8.12. The maximum Gasteiger partial charge on any atom is 0.165 e. The number of benzene rings is 1. The molecule has 0 spiro atoms. The van der Waals surface area contributed by atoms with Gasteiger partial charge in [-0.25, -0.2) is 0 Å². The van der Waals surface area contributed by atoms with Crippen LogP contribution in [-0.2, 0) is 6.42 Å². The SMILES string of the molecule is CCCC(CNC(C)C)Oc1cccc2c1OC(C)(C)C2. The zero-order valence-electron chi connectivity index (χ0n) is 14.0. The quantitative estimate of drug-likeness (QED) is 0.825. The Hall–Kier alpha value is -1.22. The molecule has 0 aromatic heterocycles. The maximum atomic E-state index is 6.25. The molecule has 1 aromatic rings. The summed E-state index contributed by atoms with van der Waals surface area (Å²) in [6, 6.07) is 6.71. The van der Waals surface area contributed by atoms with Gasteiger partial charge >= 0.3 is 0 Å². The number of nitrogens with one attached hydrogen (secondary N) is 1. The molecular weight excluding hydrogens is 262 g/mol. The van der Waals surface area contributed by atoms with Crippen LogP contribution >= 0.6 is 0 Å². The van der Waals surface area contributed by atoms with Crippen molar-refractivity contribution in [3.8, 4) is 11.5 Å². The van der Waals surface area contributed by atoms with Gasteiger partial charge in [-0.1, -0.05) is 39.3 Å². The fourth-order valence-electron chi connectivity index (χ4n) is 2.75. The first-order valence-corrected chi connectivity index (χ1v) is 8.12. The highest BCUT2D eigenvalue weighted by atomic mass is 16.5. The van der Waals surface area contributed by atoms with Crippen LogP contribution in [0.5, 0.6) is 11.5 Å². The zero-order valence-corrected chi connectivity index (χ0v) is 14.0. The van der Waals surface area contributed by atoms with Gasteiger partial charge < -0.3 is 14.8 Å². The second kappa shape index (κ2) is 6.69. The smallest absolute Gasteiger partial charge is 0.165 e. The summed E-state index contributed by atoms with van der Waals surface area (Å²) in [5.74, 6) is 1.83. The molecule has 1 atom stereocenters. The molecule has 0 saturated heterocycles. The Morgan fingerprint density at radius 2 is 2.10 bits per heavy atom. The predicted molar refractivity (Wildman–Crippen MR) is 87.3 cm³/mol. The number of hydrogen-bond acceptors (Lipinski definition) is 3. The minimum atomic E-state index is -0.127.